The van der Waals surface area contributed by atoms with Gasteiger partial charge in [-0.25, -0.2) is 4.98 Å². The lowest BCUT2D eigenvalue weighted by molar-refractivity contribution is 0.0819. The lowest BCUT2D eigenvalue weighted by Gasteiger charge is -2.24. The van der Waals surface area contributed by atoms with E-state index in [4.69, 9.17) is 15.6 Å². The summed E-state index contributed by atoms with van der Waals surface area (Å²) in [5, 5.41) is 16.3. The molecule has 1 aliphatic rings. The Hall–Kier alpha value is -1.95. The van der Waals surface area contributed by atoms with Crippen LogP contribution < -0.4 is 5.49 Å². The zero-order valence-corrected chi connectivity index (χ0v) is 9.94. The molecule has 3 heterocycles. The van der Waals surface area contributed by atoms with E-state index in [9.17, 15) is 0 Å². The smallest absolute Gasteiger partial charge is 0.154 e. The summed E-state index contributed by atoms with van der Waals surface area (Å²) in [5.74, 6) is 0.628. The molecule has 2 aromatic rings. The number of aromatic nitrogens is 3. The van der Waals surface area contributed by atoms with Crippen molar-refractivity contribution in [2.24, 2.45) is 5.92 Å². The van der Waals surface area contributed by atoms with Gasteiger partial charge in [0.05, 0.1) is 11.7 Å². The Balaban J connectivity index is 2.07. The summed E-state index contributed by atoms with van der Waals surface area (Å²) >= 11 is 0. The van der Waals surface area contributed by atoms with Crippen molar-refractivity contribution in [3.8, 4) is 0 Å². The fourth-order valence-corrected chi connectivity index (χ4v) is 2.36. The van der Waals surface area contributed by atoms with Crippen LogP contribution in [0.4, 0.5) is 0 Å². The summed E-state index contributed by atoms with van der Waals surface area (Å²) in [6, 6.07) is 1.86. The number of rotatable bonds is 1. The fourth-order valence-electron chi connectivity index (χ4n) is 2.36. The van der Waals surface area contributed by atoms with Gasteiger partial charge in [-0.15, -0.1) is 0 Å². The van der Waals surface area contributed by atoms with E-state index in [1.54, 1.807) is 10.8 Å². The maximum atomic E-state index is 8.33. The van der Waals surface area contributed by atoms with Gasteiger partial charge in [-0.1, -0.05) is 0 Å². The number of nitrogens with one attached hydrogen (secondary N) is 3. The van der Waals surface area contributed by atoms with Gasteiger partial charge in [-0.2, -0.15) is 0 Å². The molecule has 0 spiro atoms. The van der Waals surface area contributed by atoms with Gasteiger partial charge in [0.2, 0.25) is 0 Å². The highest BCUT2D eigenvalue weighted by molar-refractivity contribution is 5.91. The molecule has 2 aromatic heterocycles. The van der Waals surface area contributed by atoms with Gasteiger partial charge in [0.1, 0.15) is 11.3 Å². The molecular weight excluding hydrogens is 230 g/mol. The van der Waals surface area contributed by atoms with Gasteiger partial charge in [0.25, 0.3) is 0 Å². The Morgan fingerprint density at radius 3 is 3.00 bits per heavy atom. The molecule has 6 nitrogen and oxygen atoms in total. The molecule has 0 aromatic carbocycles. The van der Waals surface area contributed by atoms with Crippen molar-refractivity contribution in [3.05, 3.63) is 23.9 Å². The molecular formula is C12H15N5O. The molecule has 0 radical (unpaired) electrons. The predicted octanol–water partition coefficient (Wildman–Crippen LogP) is 1.10. The SMILES string of the molecule is N=C(C1CCOCC1)n1c(=N)cnc2[nH]ccc21. The number of hydrogen-bond acceptors (Lipinski definition) is 4. The summed E-state index contributed by atoms with van der Waals surface area (Å²) in [6.07, 6.45) is 4.95. The molecule has 1 saturated heterocycles. The summed E-state index contributed by atoms with van der Waals surface area (Å²) < 4.78 is 6.98. The molecule has 6 heteroatoms. The molecule has 3 rings (SSSR count). The summed E-state index contributed by atoms with van der Waals surface area (Å²) in [4.78, 5) is 7.15. The fraction of sp³-hybridized carbons (Fsp3) is 0.417. The van der Waals surface area contributed by atoms with Crippen LogP contribution in [0.15, 0.2) is 18.5 Å². The maximum absolute atomic E-state index is 8.33. The molecule has 1 aliphatic heterocycles. The number of fused-ring (bicyclic) bond motifs is 1. The first kappa shape index (κ1) is 11.2. The number of H-pyrrole nitrogens is 1. The summed E-state index contributed by atoms with van der Waals surface area (Å²) in [6.45, 7) is 1.39. The normalized spacial score (nSPS) is 17.1. The van der Waals surface area contributed by atoms with Crippen LogP contribution in [0.5, 0.6) is 0 Å². The van der Waals surface area contributed by atoms with Gasteiger partial charge in [-0.05, 0) is 18.9 Å². The van der Waals surface area contributed by atoms with Crippen LogP contribution in [-0.2, 0) is 4.74 Å². The predicted molar refractivity (Wildman–Crippen MR) is 66.6 cm³/mol. The zero-order chi connectivity index (χ0) is 12.5. The van der Waals surface area contributed by atoms with Crippen molar-refractivity contribution in [3.63, 3.8) is 0 Å². The molecule has 0 aliphatic carbocycles. The first-order chi connectivity index (χ1) is 8.77. The van der Waals surface area contributed by atoms with Crippen LogP contribution in [0.2, 0.25) is 0 Å². The Morgan fingerprint density at radius 2 is 2.22 bits per heavy atom. The largest absolute Gasteiger partial charge is 0.381 e. The van der Waals surface area contributed by atoms with Crippen LogP contribution in [0.1, 0.15) is 12.8 Å². The second-order valence-corrected chi connectivity index (χ2v) is 4.46. The Kier molecular flexibility index (Phi) is 2.71. The first-order valence-corrected chi connectivity index (χ1v) is 6.03. The average Bonchev–Trinajstić information content (AvgIpc) is 2.87. The molecule has 1 fully saturated rings. The Labute approximate surface area is 104 Å². The van der Waals surface area contributed by atoms with E-state index >= 15 is 0 Å². The number of ether oxygens (including phenoxy) is 1. The van der Waals surface area contributed by atoms with E-state index < -0.39 is 0 Å². The van der Waals surface area contributed by atoms with Crippen molar-refractivity contribution in [1.82, 2.24) is 14.5 Å². The minimum atomic E-state index is 0.161. The van der Waals surface area contributed by atoms with E-state index in [1.165, 1.54) is 6.20 Å². The highest BCUT2D eigenvalue weighted by Crippen LogP contribution is 2.18. The lowest BCUT2D eigenvalue weighted by atomic mass is 9.98. The first-order valence-electron chi connectivity index (χ1n) is 6.03. The molecule has 0 amide bonds. The van der Waals surface area contributed by atoms with Crippen LogP contribution >= 0.6 is 0 Å². The van der Waals surface area contributed by atoms with E-state index in [-0.39, 0.29) is 11.4 Å². The molecule has 18 heavy (non-hydrogen) atoms. The second kappa shape index (κ2) is 4.38. The van der Waals surface area contributed by atoms with Gasteiger partial charge >= 0.3 is 0 Å². The Morgan fingerprint density at radius 1 is 1.44 bits per heavy atom. The third-order valence-corrected chi connectivity index (χ3v) is 3.35. The molecule has 94 valence electrons. The zero-order valence-electron chi connectivity index (χ0n) is 9.94. The monoisotopic (exact) mass is 245 g/mol. The van der Waals surface area contributed by atoms with E-state index in [0.29, 0.717) is 24.7 Å². The number of nitrogens with zero attached hydrogens (tertiary/aromatic N) is 2. The second-order valence-electron chi connectivity index (χ2n) is 4.46. The van der Waals surface area contributed by atoms with E-state index in [1.807, 2.05) is 6.07 Å². The topological polar surface area (TPSA) is 90.5 Å². The number of aromatic amines is 1. The molecule has 0 saturated carbocycles. The standard InChI is InChI=1S/C12H15N5O/c13-10-7-16-12-9(1-4-15-12)17(10)11(14)8-2-5-18-6-3-8/h1,4,7-8,13-15H,2-3,5-6H2. The summed E-state index contributed by atoms with van der Waals surface area (Å²) in [5.41, 5.74) is 1.75. The van der Waals surface area contributed by atoms with Gasteiger partial charge < -0.3 is 9.72 Å². The van der Waals surface area contributed by atoms with Gasteiger partial charge in [0, 0.05) is 25.3 Å². The lowest BCUT2D eigenvalue weighted by Crippen LogP contribution is -2.34. The van der Waals surface area contributed by atoms with Gasteiger partial charge in [0.15, 0.2) is 5.65 Å². The van der Waals surface area contributed by atoms with E-state index in [2.05, 4.69) is 9.97 Å². The highest BCUT2D eigenvalue weighted by Gasteiger charge is 2.21. The minimum absolute atomic E-state index is 0.161. The van der Waals surface area contributed by atoms with Crippen LogP contribution in [0.3, 0.4) is 0 Å². The van der Waals surface area contributed by atoms with Gasteiger partial charge in [-0.3, -0.25) is 15.4 Å². The van der Waals surface area contributed by atoms with Crippen molar-refractivity contribution in [2.45, 2.75) is 12.8 Å². The average molecular weight is 245 g/mol. The van der Waals surface area contributed by atoms with Crippen LogP contribution in [-0.4, -0.2) is 33.6 Å². The Bertz CT molecular complexity index is 635. The quantitative estimate of drug-likeness (QED) is 0.518. The molecule has 3 N–H and O–H groups in total. The summed E-state index contributed by atoms with van der Waals surface area (Å²) in [7, 11) is 0. The third-order valence-electron chi connectivity index (χ3n) is 3.35. The van der Waals surface area contributed by atoms with E-state index in [0.717, 1.165) is 18.4 Å². The van der Waals surface area contributed by atoms with Crippen molar-refractivity contribution >= 4 is 17.0 Å². The third kappa shape index (κ3) is 1.74. The van der Waals surface area contributed by atoms with Crippen LogP contribution in [0, 0.1) is 16.7 Å². The van der Waals surface area contributed by atoms with Crippen molar-refractivity contribution in [1.29, 1.82) is 10.8 Å². The highest BCUT2D eigenvalue weighted by atomic mass is 16.5. The molecule has 0 unspecified atom stereocenters. The minimum Gasteiger partial charge on any atom is -0.381 e. The number of hydrogen-bond donors (Lipinski definition) is 3. The van der Waals surface area contributed by atoms with Crippen LogP contribution in [0.25, 0.3) is 11.2 Å². The molecule has 0 bridgehead atoms. The maximum Gasteiger partial charge on any atom is 0.154 e. The van der Waals surface area contributed by atoms with Crippen molar-refractivity contribution < 1.29 is 4.74 Å². The molecule has 0 atom stereocenters. The van der Waals surface area contributed by atoms with Crippen molar-refractivity contribution in [2.75, 3.05) is 13.2 Å².